The summed E-state index contributed by atoms with van der Waals surface area (Å²) in [5, 5.41) is 3.61. The zero-order chi connectivity index (χ0) is 13.1. The third-order valence-corrected chi connectivity index (χ3v) is 4.33. The van der Waals surface area contributed by atoms with Gasteiger partial charge in [-0.1, -0.05) is 28.1 Å². The molecule has 1 aliphatic carbocycles. The second-order valence-corrected chi connectivity index (χ2v) is 6.12. The van der Waals surface area contributed by atoms with E-state index in [1.807, 2.05) is 6.20 Å². The van der Waals surface area contributed by atoms with Gasteiger partial charge in [0.25, 0.3) is 0 Å². The third-order valence-electron chi connectivity index (χ3n) is 3.84. The number of halogens is 1. The van der Waals surface area contributed by atoms with E-state index in [4.69, 9.17) is 0 Å². The molecule has 0 unspecified atom stereocenters. The number of aromatic nitrogens is 2. The summed E-state index contributed by atoms with van der Waals surface area (Å²) >= 11 is 3.54. The Bertz CT molecular complexity index is 518. The molecule has 1 fully saturated rings. The number of rotatable bonds is 5. The number of hydrogen-bond donors (Lipinski definition) is 2. The van der Waals surface area contributed by atoms with E-state index >= 15 is 0 Å². The summed E-state index contributed by atoms with van der Waals surface area (Å²) in [6, 6.07) is 9.36. The molecule has 2 aromatic rings. The normalized spacial score (nSPS) is 22.2. The van der Waals surface area contributed by atoms with Crippen LogP contribution in [0, 0.1) is 0 Å². The summed E-state index contributed by atoms with van der Waals surface area (Å²) in [6.07, 6.45) is 7.16. The summed E-state index contributed by atoms with van der Waals surface area (Å²) in [6.45, 7) is 1.03. The Morgan fingerprint density at radius 3 is 3.00 bits per heavy atom. The van der Waals surface area contributed by atoms with Crippen molar-refractivity contribution in [3.8, 4) is 0 Å². The van der Waals surface area contributed by atoms with Gasteiger partial charge in [0.1, 0.15) is 0 Å². The van der Waals surface area contributed by atoms with Crippen LogP contribution in [0.1, 0.15) is 30.0 Å². The maximum atomic E-state index is 4.03. The number of H-pyrrole nitrogens is 1. The molecule has 3 nitrogen and oxygen atoms in total. The van der Waals surface area contributed by atoms with Gasteiger partial charge in [0.05, 0.1) is 6.33 Å². The summed E-state index contributed by atoms with van der Waals surface area (Å²) in [7, 11) is 0. The number of nitrogens with zero attached hydrogens (tertiary/aromatic N) is 1. The Morgan fingerprint density at radius 1 is 1.37 bits per heavy atom. The van der Waals surface area contributed by atoms with Crippen molar-refractivity contribution in [2.45, 2.75) is 31.2 Å². The van der Waals surface area contributed by atoms with Gasteiger partial charge in [-0.25, -0.2) is 4.98 Å². The Kier molecular flexibility index (Phi) is 3.99. The maximum absolute atomic E-state index is 4.03. The lowest BCUT2D eigenvalue weighted by molar-refractivity contribution is 0.292. The molecule has 1 heterocycles. The predicted molar refractivity (Wildman–Crippen MR) is 80.2 cm³/mol. The second kappa shape index (κ2) is 5.88. The van der Waals surface area contributed by atoms with E-state index in [9.17, 15) is 0 Å². The molecule has 0 bridgehead atoms. The molecule has 1 saturated carbocycles. The van der Waals surface area contributed by atoms with Crippen molar-refractivity contribution >= 4 is 15.9 Å². The van der Waals surface area contributed by atoms with E-state index in [0.717, 1.165) is 18.9 Å². The predicted octanol–water partition coefficient (Wildman–Crippen LogP) is 3.25. The fourth-order valence-electron chi connectivity index (χ4n) is 2.65. The van der Waals surface area contributed by atoms with Crippen molar-refractivity contribution in [2.24, 2.45) is 0 Å². The summed E-state index contributed by atoms with van der Waals surface area (Å²) < 4.78 is 1.18. The molecular formula is C15H18BrN3. The summed E-state index contributed by atoms with van der Waals surface area (Å²) in [5.41, 5.74) is 2.66. The van der Waals surface area contributed by atoms with E-state index in [-0.39, 0.29) is 0 Å². The van der Waals surface area contributed by atoms with E-state index in [1.165, 1.54) is 28.6 Å². The minimum Gasteiger partial charge on any atom is -0.348 e. The first-order valence-corrected chi connectivity index (χ1v) is 7.56. The van der Waals surface area contributed by atoms with E-state index in [0.29, 0.717) is 6.04 Å². The van der Waals surface area contributed by atoms with E-state index < -0.39 is 0 Å². The van der Waals surface area contributed by atoms with Crippen LogP contribution in [0.2, 0.25) is 0 Å². The molecule has 1 aromatic heterocycles. The van der Waals surface area contributed by atoms with Crippen molar-refractivity contribution in [2.75, 3.05) is 6.54 Å². The Hall–Kier alpha value is -1.13. The van der Waals surface area contributed by atoms with Crippen molar-refractivity contribution in [3.05, 3.63) is 52.5 Å². The lowest BCUT2D eigenvalue weighted by Gasteiger charge is -2.36. The highest BCUT2D eigenvalue weighted by Crippen LogP contribution is 2.37. The number of imidazole rings is 1. The van der Waals surface area contributed by atoms with Crippen molar-refractivity contribution in [1.29, 1.82) is 0 Å². The quantitative estimate of drug-likeness (QED) is 0.888. The Balaban J connectivity index is 1.41. The molecule has 0 radical (unpaired) electrons. The van der Waals surface area contributed by atoms with Gasteiger partial charge in [-0.2, -0.15) is 0 Å². The van der Waals surface area contributed by atoms with Crippen LogP contribution in [0.4, 0.5) is 0 Å². The van der Waals surface area contributed by atoms with Crippen LogP contribution >= 0.6 is 15.9 Å². The third kappa shape index (κ3) is 3.25. The zero-order valence-electron chi connectivity index (χ0n) is 10.8. The van der Waals surface area contributed by atoms with Gasteiger partial charge in [0.2, 0.25) is 0 Å². The minimum absolute atomic E-state index is 0.673. The number of nitrogens with one attached hydrogen (secondary N) is 2. The lowest BCUT2D eigenvalue weighted by atomic mass is 9.76. The fourth-order valence-corrected chi connectivity index (χ4v) is 3.07. The molecular weight excluding hydrogens is 302 g/mol. The molecule has 0 spiro atoms. The molecule has 4 heteroatoms. The van der Waals surface area contributed by atoms with Crippen LogP contribution in [0.15, 0.2) is 41.3 Å². The van der Waals surface area contributed by atoms with Gasteiger partial charge in [0, 0.05) is 35.4 Å². The molecule has 0 atom stereocenters. The molecule has 0 amide bonds. The summed E-state index contributed by atoms with van der Waals surface area (Å²) in [5.74, 6) is 0.724. The van der Waals surface area contributed by atoms with Crippen molar-refractivity contribution in [1.82, 2.24) is 15.3 Å². The highest BCUT2D eigenvalue weighted by molar-refractivity contribution is 9.10. The van der Waals surface area contributed by atoms with Crippen LogP contribution in [0.25, 0.3) is 0 Å². The van der Waals surface area contributed by atoms with Gasteiger partial charge in [-0.15, -0.1) is 0 Å². The monoisotopic (exact) mass is 319 g/mol. The first-order valence-electron chi connectivity index (χ1n) is 6.77. The van der Waals surface area contributed by atoms with Gasteiger partial charge >= 0.3 is 0 Å². The van der Waals surface area contributed by atoms with Gasteiger partial charge in [0.15, 0.2) is 0 Å². The van der Waals surface area contributed by atoms with Crippen molar-refractivity contribution in [3.63, 3.8) is 0 Å². The van der Waals surface area contributed by atoms with Gasteiger partial charge in [-0.3, -0.25) is 0 Å². The van der Waals surface area contributed by atoms with Crippen LogP contribution in [-0.4, -0.2) is 22.6 Å². The molecule has 1 aromatic carbocycles. The van der Waals surface area contributed by atoms with E-state index in [1.54, 1.807) is 6.33 Å². The Labute approximate surface area is 122 Å². The molecule has 0 saturated heterocycles. The van der Waals surface area contributed by atoms with Crippen molar-refractivity contribution < 1.29 is 0 Å². The lowest BCUT2D eigenvalue weighted by Crippen LogP contribution is -2.40. The molecule has 19 heavy (non-hydrogen) atoms. The fraction of sp³-hybridized carbons (Fsp3) is 0.400. The first kappa shape index (κ1) is 12.9. The minimum atomic E-state index is 0.673. The molecule has 2 N–H and O–H groups in total. The van der Waals surface area contributed by atoms with Gasteiger partial charge < -0.3 is 10.3 Å². The molecule has 100 valence electrons. The first-order chi connectivity index (χ1) is 9.31. The van der Waals surface area contributed by atoms with Crippen LogP contribution in [0.5, 0.6) is 0 Å². The number of aromatic amines is 1. The van der Waals surface area contributed by atoms with Crippen LogP contribution in [-0.2, 0) is 6.42 Å². The Morgan fingerprint density at radius 2 is 2.26 bits per heavy atom. The SMILES string of the molecule is Brc1cccc(C2CC(NCCc3cnc[nH]3)C2)c1. The summed E-state index contributed by atoms with van der Waals surface area (Å²) in [4.78, 5) is 7.16. The van der Waals surface area contributed by atoms with Crippen LogP contribution in [0.3, 0.4) is 0 Å². The molecule has 0 aliphatic heterocycles. The smallest absolute Gasteiger partial charge is 0.0921 e. The average molecular weight is 320 g/mol. The second-order valence-electron chi connectivity index (χ2n) is 5.20. The van der Waals surface area contributed by atoms with E-state index in [2.05, 4.69) is 55.5 Å². The highest BCUT2D eigenvalue weighted by atomic mass is 79.9. The maximum Gasteiger partial charge on any atom is 0.0921 e. The average Bonchev–Trinajstić information content (AvgIpc) is 2.85. The molecule has 3 rings (SSSR count). The van der Waals surface area contributed by atoms with Gasteiger partial charge in [-0.05, 0) is 36.5 Å². The topological polar surface area (TPSA) is 40.7 Å². The highest BCUT2D eigenvalue weighted by Gasteiger charge is 2.29. The molecule has 1 aliphatic rings. The number of hydrogen-bond acceptors (Lipinski definition) is 2. The number of benzene rings is 1. The van der Waals surface area contributed by atoms with Crippen LogP contribution < -0.4 is 5.32 Å². The zero-order valence-corrected chi connectivity index (χ0v) is 12.4. The standard InChI is InChI=1S/C15H18BrN3/c16-13-3-1-2-11(6-13)12-7-15(8-12)18-5-4-14-9-17-10-19-14/h1-3,6,9-10,12,15,18H,4-5,7-8H2,(H,17,19). The largest absolute Gasteiger partial charge is 0.348 e.